The summed E-state index contributed by atoms with van der Waals surface area (Å²) in [6, 6.07) is 21.8. The second-order valence-electron chi connectivity index (χ2n) is 9.97. The second-order valence-corrected chi connectivity index (χ2v) is 9.97. The van der Waals surface area contributed by atoms with Gasteiger partial charge < -0.3 is 14.2 Å². The van der Waals surface area contributed by atoms with Crippen LogP contribution in [0.4, 0.5) is 10.5 Å². The lowest BCUT2D eigenvalue weighted by Gasteiger charge is -2.35. The third-order valence-corrected chi connectivity index (χ3v) is 5.83. The van der Waals surface area contributed by atoms with E-state index in [2.05, 4.69) is 64.2 Å². The van der Waals surface area contributed by atoms with Crippen LogP contribution in [0.3, 0.4) is 0 Å². The van der Waals surface area contributed by atoms with E-state index in [0.717, 1.165) is 11.1 Å². The molecule has 0 aliphatic carbocycles. The van der Waals surface area contributed by atoms with E-state index in [9.17, 15) is 4.79 Å². The van der Waals surface area contributed by atoms with E-state index >= 15 is 0 Å². The monoisotopic (exact) mass is 463 g/mol. The first-order valence-corrected chi connectivity index (χ1v) is 12.0. The summed E-state index contributed by atoms with van der Waals surface area (Å²) >= 11 is 0. The van der Waals surface area contributed by atoms with Gasteiger partial charge in [-0.2, -0.15) is 0 Å². The van der Waals surface area contributed by atoms with E-state index in [1.807, 2.05) is 37.3 Å². The van der Waals surface area contributed by atoms with Crippen LogP contribution in [0.2, 0.25) is 0 Å². The lowest BCUT2D eigenvalue weighted by atomic mass is 9.69. The highest BCUT2D eigenvalue weighted by atomic mass is 16.7. The molecule has 0 saturated heterocycles. The maximum absolute atomic E-state index is 11.9. The molecule has 0 aliphatic heterocycles. The van der Waals surface area contributed by atoms with Crippen LogP contribution in [-0.2, 0) is 9.47 Å². The topological polar surface area (TPSA) is 56.8 Å². The van der Waals surface area contributed by atoms with Crippen LogP contribution < -0.4 is 10.1 Å². The number of anilines is 1. The quantitative estimate of drug-likeness (QED) is 0.262. The van der Waals surface area contributed by atoms with Crippen LogP contribution in [0.25, 0.3) is 10.8 Å². The molecule has 2 atom stereocenters. The van der Waals surface area contributed by atoms with Gasteiger partial charge in [0.15, 0.2) is 6.29 Å². The van der Waals surface area contributed by atoms with Crippen molar-refractivity contribution >= 4 is 22.6 Å². The first kappa shape index (κ1) is 25.6. The third-order valence-electron chi connectivity index (χ3n) is 5.83. The Balaban J connectivity index is 1.61. The number of amides is 1. The number of fused-ring (bicyclic) bond motifs is 1. The fraction of sp³-hybridized carbons (Fsp3) is 0.414. The summed E-state index contributed by atoms with van der Waals surface area (Å²) < 4.78 is 17.1. The Hall–Kier alpha value is -3.05. The molecule has 3 rings (SSSR count). The highest BCUT2D eigenvalue weighted by molar-refractivity contribution is 5.91. The maximum atomic E-state index is 11.9. The van der Waals surface area contributed by atoms with Gasteiger partial charge in [0.25, 0.3) is 0 Å². The van der Waals surface area contributed by atoms with Gasteiger partial charge in [0, 0.05) is 11.1 Å². The molecule has 0 aliphatic rings. The largest absolute Gasteiger partial charge is 0.465 e. The van der Waals surface area contributed by atoms with Gasteiger partial charge in [-0.15, -0.1) is 0 Å². The predicted molar refractivity (Wildman–Crippen MR) is 138 cm³/mol. The minimum absolute atomic E-state index is 0.133. The Bertz CT molecular complexity index is 1070. The number of hydrogen-bond acceptors (Lipinski definition) is 4. The SMILES string of the molecule is CC(OCCOC(=O)Nc1ccccc1)Oc1cccc2c(C(C(C)C)C(C)(C)C)cccc12. The maximum Gasteiger partial charge on any atom is 0.411 e. The van der Waals surface area contributed by atoms with Crippen LogP contribution in [-0.4, -0.2) is 25.6 Å². The smallest absolute Gasteiger partial charge is 0.411 e. The zero-order chi connectivity index (χ0) is 24.7. The van der Waals surface area contributed by atoms with Gasteiger partial charge >= 0.3 is 6.09 Å². The van der Waals surface area contributed by atoms with Crippen molar-refractivity contribution in [3.05, 3.63) is 72.3 Å². The molecule has 3 aromatic carbocycles. The van der Waals surface area contributed by atoms with Gasteiger partial charge in [-0.05, 0) is 53.3 Å². The van der Waals surface area contributed by atoms with Gasteiger partial charge in [0.05, 0.1) is 6.61 Å². The highest BCUT2D eigenvalue weighted by Crippen LogP contribution is 2.44. The molecular formula is C29H37NO4. The van der Waals surface area contributed by atoms with Gasteiger partial charge in [0.2, 0.25) is 0 Å². The summed E-state index contributed by atoms with van der Waals surface area (Å²) in [6.45, 7) is 13.7. The molecule has 182 valence electrons. The van der Waals surface area contributed by atoms with E-state index in [0.29, 0.717) is 17.5 Å². The molecule has 0 radical (unpaired) electrons. The average Bonchev–Trinajstić information content (AvgIpc) is 2.77. The lowest BCUT2D eigenvalue weighted by Crippen LogP contribution is -2.23. The minimum Gasteiger partial charge on any atom is -0.465 e. The summed E-state index contributed by atoms with van der Waals surface area (Å²) in [5, 5.41) is 4.96. The molecule has 3 aromatic rings. The normalized spacial score (nSPS) is 13.5. The standard InChI is InChI=1S/C29H37NO4/c1-20(2)27(29(4,5)6)25-16-10-15-24-23(25)14-11-17-26(24)34-21(3)32-18-19-33-28(31)30-22-12-8-7-9-13-22/h7-17,20-21,27H,18-19H2,1-6H3,(H,30,31). The van der Waals surface area contributed by atoms with Crippen LogP contribution >= 0.6 is 0 Å². The highest BCUT2D eigenvalue weighted by Gasteiger charge is 2.30. The van der Waals surface area contributed by atoms with Crippen LogP contribution in [0.1, 0.15) is 53.0 Å². The van der Waals surface area contributed by atoms with Gasteiger partial charge in [0.1, 0.15) is 12.4 Å². The molecule has 1 N–H and O–H groups in total. The lowest BCUT2D eigenvalue weighted by molar-refractivity contribution is -0.0757. The average molecular weight is 464 g/mol. The number of carbonyl (C=O) groups is 1. The van der Waals surface area contributed by atoms with Crippen molar-refractivity contribution < 1.29 is 19.0 Å². The van der Waals surface area contributed by atoms with Gasteiger partial charge in [-0.3, -0.25) is 5.32 Å². The van der Waals surface area contributed by atoms with Gasteiger partial charge in [-0.25, -0.2) is 4.79 Å². The van der Waals surface area contributed by atoms with Crippen molar-refractivity contribution in [1.82, 2.24) is 0 Å². The Kier molecular flexibility index (Phi) is 8.56. The molecule has 2 unspecified atom stereocenters. The summed E-state index contributed by atoms with van der Waals surface area (Å²) in [6.07, 6.45) is -0.998. The van der Waals surface area contributed by atoms with E-state index in [-0.39, 0.29) is 18.6 Å². The molecule has 5 nitrogen and oxygen atoms in total. The Morgan fingerprint density at radius 1 is 0.853 bits per heavy atom. The van der Waals surface area contributed by atoms with E-state index in [1.54, 1.807) is 12.1 Å². The van der Waals surface area contributed by atoms with Crippen LogP contribution in [0, 0.1) is 11.3 Å². The fourth-order valence-electron chi connectivity index (χ4n) is 4.74. The van der Waals surface area contributed by atoms with E-state index < -0.39 is 12.4 Å². The number of benzene rings is 3. The molecule has 0 heterocycles. The van der Waals surface area contributed by atoms with Crippen LogP contribution in [0.15, 0.2) is 66.7 Å². The Morgan fingerprint density at radius 3 is 2.21 bits per heavy atom. The first-order valence-electron chi connectivity index (χ1n) is 12.0. The predicted octanol–water partition coefficient (Wildman–Crippen LogP) is 7.62. The van der Waals surface area contributed by atoms with Crippen molar-refractivity contribution in [2.45, 2.75) is 53.8 Å². The number of hydrogen-bond donors (Lipinski definition) is 1. The Labute approximate surface area is 203 Å². The van der Waals surface area contributed by atoms with E-state index in [4.69, 9.17) is 14.2 Å². The number of carbonyl (C=O) groups excluding carboxylic acids is 1. The first-order chi connectivity index (χ1) is 16.2. The molecule has 0 spiro atoms. The third kappa shape index (κ3) is 6.73. The molecule has 5 heteroatoms. The van der Waals surface area contributed by atoms with Crippen molar-refractivity contribution in [2.24, 2.45) is 11.3 Å². The number of para-hydroxylation sites is 1. The summed E-state index contributed by atoms with van der Waals surface area (Å²) in [4.78, 5) is 11.9. The summed E-state index contributed by atoms with van der Waals surface area (Å²) in [7, 11) is 0. The minimum atomic E-state index is -0.511. The zero-order valence-corrected chi connectivity index (χ0v) is 21.1. The number of nitrogens with one attached hydrogen (secondary N) is 1. The molecule has 34 heavy (non-hydrogen) atoms. The van der Waals surface area contributed by atoms with Crippen molar-refractivity contribution in [1.29, 1.82) is 0 Å². The van der Waals surface area contributed by atoms with Crippen molar-refractivity contribution in [3.8, 4) is 5.75 Å². The number of ether oxygens (including phenoxy) is 3. The Morgan fingerprint density at radius 2 is 1.53 bits per heavy atom. The summed E-state index contributed by atoms with van der Waals surface area (Å²) in [5.41, 5.74) is 2.17. The number of rotatable bonds is 9. The van der Waals surface area contributed by atoms with Gasteiger partial charge in [-0.1, -0.05) is 83.1 Å². The van der Waals surface area contributed by atoms with E-state index in [1.165, 1.54) is 10.9 Å². The van der Waals surface area contributed by atoms with Crippen molar-refractivity contribution in [3.63, 3.8) is 0 Å². The molecule has 0 fully saturated rings. The zero-order valence-electron chi connectivity index (χ0n) is 21.1. The molecule has 0 saturated carbocycles. The molecular weight excluding hydrogens is 426 g/mol. The molecule has 1 amide bonds. The van der Waals surface area contributed by atoms with Crippen LogP contribution in [0.5, 0.6) is 5.75 Å². The fourth-order valence-corrected chi connectivity index (χ4v) is 4.74. The molecule has 0 bridgehead atoms. The second kappa shape index (κ2) is 11.4. The summed E-state index contributed by atoms with van der Waals surface area (Å²) in [5.74, 6) is 1.71. The molecule has 0 aromatic heterocycles. The van der Waals surface area contributed by atoms with Crippen molar-refractivity contribution in [2.75, 3.05) is 18.5 Å².